The predicted octanol–water partition coefficient (Wildman–Crippen LogP) is 5.39. The minimum absolute atomic E-state index is 0.130. The number of hydrogen-bond donors (Lipinski definition) is 1. The van der Waals surface area contributed by atoms with Crippen LogP contribution in [0, 0.1) is 11.7 Å². The van der Waals surface area contributed by atoms with E-state index in [2.05, 4.69) is 16.3 Å². The zero-order valence-electron chi connectivity index (χ0n) is 16.9. The summed E-state index contributed by atoms with van der Waals surface area (Å²) in [6.07, 6.45) is 5.64. The number of rotatable bonds is 6. The number of nitrogens with zero attached hydrogens (tertiary/aromatic N) is 1. The van der Waals surface area contributed by atoms with Gasteiger partial charge in [-0.25, -0.2) is 4.39 Å². The molecule has 4 nitrogen and oxygen atoms in total. The van der Waals surface area contributed by atoms with Crippen molar-refractivity contribution in [3.63, 3.8) is 0 Å². The van der Waals surface area contributed by atoms with E-state index in [1.54, 1.807) is 18.2 Å². The van der Waals surface area contributed by atoms with Gasteiger partial charge in [-0.3, -0.25) is 9.69 Å². The zero-order chi connectivity index (χ0) is 20.9. The number of nitrogens with one attached hydrogen (secondary N) is 1. The second-order valence-electron chi connectivity index (χ2n) is 8.08. The van der Waals surface area contributed by atoms with Crippen molar-refractivity contribution in [2.45, 2.75) is 25.7 Å². The number of piperidine rings is 1. The Hall–Kier alpha value is -2.37. The minimum Gasteiger partial charge on any atom is -0.489 e. The first-order chi connectivity index (χ1) is 14.6. The molecule has 0 aliphatic carbocycles. The molecule has 2 aromatic rings. The molecule has 1 fully saturated rings. The number of amides is 1. The molecule has 158 valence electrons. The molecule has 30 heavy (non-hydrogen) atoms. The van der Waals surface area contributed by atoms with E-state index in [0.717, 1.165) is 50.2 Å². The average molecular weight is 429 g/mol. The van der Waals surface area contributed by atoms with Crippen LogP contribution in [0.3, 0.4) is 0 Å². The van der Waals surface area contributed by atoms with E-state index < -0.39 is 5.82 Å². The lowest BCUT2D eigenvalue weighted by molar-refractivity contribution is -0.116. The Bertz CT molecular complexity index is 947. The van der Waals surface area contributed by atoms with Crippen molar-refractivity contribution in [2.24, 2.45) is 5.92 Å². The van der Waals surface area contributed by atoms with Crippen LogP contribution in [0.2, 0.25) is 5.02 Å². The maximum absolute atomic E-state index is 13.7. The third-order valence-corrected chi connectivity index (χ3v) is 5.94. The Morgan fingerprint density at radius 1 is 1.27 bits per heavy atom. The van der Waals surface area contributed by atoms with E-state index in [0.29, 0.717) is 24.0 Å². The van der Waals surface area contributed by atoms with Crippen molar-refractivity contribution in [3.05, 3.63) is 64.4 Å². The van der Waals surface area contributed by atoms with Crippen molar-refractivity contribution < 1.29 is 13.9 Å². The molecule has 2 heterocycles. The lowest BCUT2D eigenvalue weighted by Crippen LogP contribution is -2.37. The Morgan fingerprint density at radius 2 is 2.13 bits per heavy atom. The fourth-order valence-electron chi connectivity index (χ4n) is 4.22. The van der Waals surface area contributed by atoms with E-state index in [-0.39, 0.29) is 11.6 Å². The first-order valence-corrected chi connectivity index (χ1v) is 10.8. The minimum atomic E-state index is -0.402. The lowest BCUT2D eigenvalue weighted by atomic mass is 9.92. The summed E-state index contributed by atoms with van der Waals surface area (Å²) in [5.74, 6) is 0.812. The van der Waals surface area contributed by atoms with Gasteiger partial charge in [-0.05, 0) is 73.7 Å². The highest BCUT2D eigenvalue weighted by Crippen LogP contribution is 2.30. The van der Waals surface area contributed by atoms with Gasteiger partial charge >= 0.3 is 0 Å². The fourth-order valence-corrected chi connectivity index (χ4v) is 4.40. The SMILES string of the molecule is O=C(CC[C@H]1CCCN(CC2=Cc3cc(Cl)ccc3OC2)C1)Nc1ccccc1F. The van der Waals surface area contributed by atoms with Gasteiger partial charge in [0, 0.05) is 30.1 Å². The molecule has 2 aliphatic heterocycles. The molecule has 0 bridgehead atoms. The van der Waals surface area contributed by atoms with Crippen LogP contribution in [0.5, 0.6) is 5.75 Å². The number of anilines is 1. The van der Waals surface area contributed by atoms with Crippen LogP contribution in [0.1, 0.15) is 31.2 Å². The fraction of sp³-hybridized carbons (Fsp3) is 0.375. The van der Waals surface area contributed by atoms with Gasteiger partial charge in [0.25, 0.3) is 0 Å². The van der Waals surface area contributed by atoms with E-state index in [9.17, 15) is 9.18 Å². The molecule has 0 saturated carbocycles. The smallest absolute Gasteiger partial charge is 0.224 e. The highest BCUT2D eigenvalue weighted by molar-refractivity contribution is 6.30. The summed E-state index contributed by atoms with van der Waals surface area (Å²) in [7, 11) is 0. The molecule has 2 aromatic carbocycles. The second kappa shape index (κ2) is 9.63. The van der Waals surface area contributed by atoms with Crippen molar-refractivity contribution in [2.75, 3.05) is 31.6 Å². The number of halogens is 2. The van der Waals surface area contributed by atoms with E-state index in [1.807, 2.05) is 18.2 Å². The maximum Gasteiger partial charge on any atom is 0.224 e. The summed E-state index contributed by atoms with van der Waals surface area (Å²) in [4.78, 5) is 14.7. The maximum atomic E-state index is 13.7. The van der Waals surface area contributed by atoms with E-state index in [4.69, 9.17) is 16.3 Å². The summed E-state index contributed by atoms with van der Waals surface area (Å²) >= 11 is 6.11. The van der Waals surface area contributed by atoms with Gasteiger partial charge in [-0.1, -0.05) is 23.7 Å². The van der Waals surface area contributed by atoms with Gasteiger partial charge in [-0.2, -0.15) is 0 Å². The predicted molar refractivity (Wildman–Crippen MR) is 118 cm³/mol. The Morgan fingerprint density at radius 3 is 3.00 bits per heavy atom. The van der Waals surface area contributed by atoms with Crippen LogP contribution in [-0.2, 0) is 4.79 Å². The van der Waals surface area contributed by atoms with Crippen molar-refractivity contribution in [1.29, 1.82) is 0 Å². The summed E-state index contributed by atoms with van der Waals surface area (Å²) in [6, 6.07) is 12.0. The van der Waals surface area contributed by atoms with Crippen molar-refractivity contribution in [3.8, 4) is 5.75 Å². The Kier molecular flexibility index (Phi) is 6.70. The van der Waals surface area contributed by atoms with Crippen molar-refractivity contribution in [1.82, 2.24) is 4.90 Å². The molecule has 0 radical (unpaired) electrons. The lowest BCUT2D eigenvalue weighted by Gasteiger charge is -2.34. The Labute approximate surface area is 181 Å². The van der Waals surface area contributed by atoms with Crippen LogP contribution < -0.4 is 10.1 Å². The number of ether oxygens (including phenoxy) is 1. The zero-order valence-corrected chi connectivity index (χ0v) is 17.6. The topological polar surface area (TPSA) is 41.6 Å². The highest BCUT2D eigenvalue weighted by Gasteiger charge is 2.22. The molecular formula is C24H26ClFN2O2. The molecule has 1 amide bonds. The van der Waals surface area contributed by atoms with Gasteiger partial charge in [0.2, 0.25) is 5.91 Å². The van der Waals surface area contributed by atoms with Gasteiger partial charge in [-0.15, -0.1) is 0 Å². The van der Waals surface area contributed by atoms with Gasteiger partial charge in [0.1, 0.15) is 18.2 Å². The number of likely N-dealkylation sites (tertiary alicyclic amines) is 1. The number of carbonyl (C=O) groups is 1. The monoisotopic (exact) mass is 428 g/mol. The summed E-state index contributed by atoms with van der Waals surface area (Å²) in [6.45, 7) is 3.48. The number of para-hydroxylation sites is 1. The van der Waals surface area contributed by atoms with Gasteiger partial charge in [0.15, 0.2) is 0 Å². The van der Waals surface area contributed by atoms with Gasteiger partial charge in [0.05, 0.1) is 5.69 Å². The third kappa shape index (κ3) is 5.41. The number of carbonyl (C=O) groups excluding carboxylic acids is 1. The molecule has 1 saturated heterocycles. The largest absolute Gasteiger partial charge is 0.489 e. The molecular weight excluding hydrogens is 403 g/mol. The summed E-state index contributed by atoms with van der Waals surface area (Å²) in [5, 5.41) is 3.39. The third-order valence-electron chi connectivity index (χ3n) is 5.70. The number of hydrogen-bond acceptors (Lipinski definition) is 3. The quantitative estimate of drug-likeness (QED) is 0.671. The molecule has 0 aromatic heterocycles. The van der Waals surface area contributed by atoms with Crippen LogP contribution in [0.4, 0.5) is 10.1 Å². The molecule has 0 spiro atoms. The summed E-state index contributed by atoms with van der Waals surface area (Å²) < 4.78 is 19.6. The van der Waals surface area contributed by atoms with Crippen LogP contribution in [0.25, 0.3) is 6.08 Å². The van der Waals surface area contributed by atoms with Crippen LogP contribution in [-0.4, -0.2) is 37.0 Å². The van der Waals surface area contributed by atoms with E-state index >= 15 is 0 Å². The summed E-state index contributed by atoms with van der Waals surface area (Å²) in [5.41, 5.74) is 2.52. The van der Waals surface area contributed by atoms with Gasteiger partial charge < -0.3 is 10.1 Å². The van der Waals surface area contributed by atoms with Crippen LogP contribution in [0.15, 0.2) is 48.0 Å². The first-order valence-electron chi connectivity index (χ1n) is 10.5. The number of benzene rings is 2. The Balaban J connectivity index is 1.27. The van der Waals surface area contributed by atoms with Crippen LogP contribution >= 0.6 is 11.6 Å². The average Bonchev–Trinajstić information content (AvgIpc) is 2.74. The van der Waals surface area contributed by atoms with Crippen molar-refractivity contribution >= 4 is 29.3 Å². The molecule has 1 atom stereocenters. The molecule has 6 heteroatoms. The second-order valence-corrected chi connectivity index (χ2v) is 8.52. The molecule has 4 rings (SSSR count). The highest BCUT2D eigenvalue weighted by atomic mass is 35.5. The normalized spacial score (nSPS) is 18.9. The molecule has 2 aliphatic rings. The standard InChI is InChI=1S/C24H26ClFN2O2/c25-20-8-9-23-19(13-20)12-18(16-30-23)15-28-11-3-4-17(14-28)7-10-24(29)27-22-6-2-1-5-21(22)26/h1-2,5-6,8-9,12-13,17H,3-4,7,10-11,14-16H2,(H,27,29)/t17-/m1/s1. The number of fused-ring (bicyclic) bond motifs is 1. The molecule has 0 unspecified atom stereocenters. The first kappa shape index (κ1) is 20.9. The van der Waals surface area contributed by atoms with E-state index in [1.165, 1.54) is 11.6 Å². The molecule has 1 N–H and O–H groups in total.